The Balaban J connectivity index is 1.55. The summed E-state index contributed by atoms with van der Waals surface area (Å²) in [6.07, 6.45) is 16.8. The molecule has 0 unspecified atom stereocenters. The second kappa shape index (κ2) is 9.79. The summed E-state index contributed by atoms with van der Waals surface area (Å²) in [5.41, 5.74) is 3.06. The number of rotatable bonds is 9. The van der Waals surface area contributed by atoms with Crippen molar-refractivity contribution >= 4 is 5.97 Å². The third-order valence-electron chi connectivity index (χ3n) is 8.71. The summed E-state index contributed by atoms with van der Waals surface area (Å²) >= 11 is 0. The number of aromatic hydroxyl groups is 1. The summed E-state index contributed by atoms with van der Waals surface area (Å²) < 4.78 is 5.64. The molecule has 1 N–H and O–H groups in total. The monoisotopic (exact) mass is 424 g/mol. The highest BCUT2D eigenvalue weighted by Crippen LogP contribution is 2.63. The van der Waals surface area contributed by atoms with Crippen LogP contribution in [0.4, 0.5) is 0 Å². The van der Waals surface area contributed by atoms with Gasteiger partial charge >= 0.3 is 5.97 Å². The number of carbonyl (C=O) groups excluding carboxylic acids is 1. The van der Waals surface area contributed by atoms with Crippen LogP contribution in [0.25, 0.3) is 0 Å². The van der Waals surface area contributed by atoms with Crippen LogP contribution in [-0.2, 0) is 16.0 Å². The molecule has 3 aliphatic carbocycles. The summed E-state index contributed by atoms with van der Waals surface area (Å²) in [6.45, 7) is 6.00. The van der Waals surface area contributed by atoms with E-state index in [1.165, 1.54) is 75.3 Å². The average molecular weight is 425 g/mol. The summed E-state index contributed by atoms with van der Waals surface area (Å²) in [6, 6.07) is 6.10. The van der Waals surface area contributed by atoms with Crippen LogP contribution in [0.15, 0.2) is 30.9 Å². The van der Waals surface area contributed by atoms with Gasteiger partial charge in [-0.3, -0.25) is 4.79 Å². The highest BCUT2D eigenvalue weighted by Gasteiger charge is 2.55. The fraction of sp³-hybridized carbons (Fsp3) is 0.679. The first-order valence-electron chi connectivity index (χ1n) is 12.6. The van der Waals surface area contributed by atoms with Gasteiger partial charge in [0.05, 0.1) is 6.61 Å². The maximum atomic E-state index is 11.6. The van der Waals surface area contributed by atoms with Crippen LogP contribution in [-0.4, -0.2) is 17.7 Å². The van der Waals surface area contributed by atoms with Gasteiger partial charge in [-0.15, -0.1) is 6.58 Å². The van der Waals surface area contributed by atoms with E-state index in [0.717, 1.165) is 12.8 Å². The second-order valence-corrected chi connectivity index (χ2v) is 10.5. The molecule has 0 bridgehead atoms. The van der Waals surface area contributed by atoms with Gasteiger partial charge in [-0.2, -0.15) is 0 Å². The van der Waals surface area contributed by atoms with Crippen LogP contribution in [0.3, 0.4) is 0 Å². The van der Waals surface area contributed by atoms with Crippen molar-refractivity contribution in [2.45, 2.75) is 89.9 Å². The normalized spacial score (nSPS) is 31.4. The first-order chi connectivity index (χ1) is 15.0. The number of phenolic OH excluding ortho intramolecular Hbond substituents is 1. The van der Waals surface area contributed by atoms with Crippen molar-refractivity contribution in [1.29, 1.82) is 0 Å². The summed E-state index contributed by atoms with van der Waals surface area (Å²) in [5.74, 6) is 2.90. The third-order valence-corrected chi connectivity index (χ3v) is 8.71. The SMILES string of the molecule is C=CCCCCCC[C@@H]1Cc2cc(O)ccc2[C@H]2CC[C@]3(COC(C)=O)CCC[C@H]3[C@H]12. The molecular weight excluding hydrogens is 384 g/mol. The predicted octanol–water partition coefficient (Wildman–Crippen LogP) is 6.93. The van der Waals surface area contributed by atoms with Crippen molar-refractivity contribution in [3.63, 3.8) is 0 Å². The molecule has 0 aliphatic heterocycles. The number of unbranched alkanes of at least 4 members (excludes halogenated alkanes) is 4. The smallest absolute Gasteiger partial charge is 0.302 e. The van der Waals surface area contributed by atoms with Gasteiger partial charge in [0.2, 0.25) is 0 Å². The van der Waals surface area contributed by atoms with Crippen LogP contribution >= 0.6 is 0 Å². The summed E-state index contributed by atoms with van der Waals surface area (Å²) in [5, 5.41) is 10.1. The molecule has 0 heterocycles. The molecule has 1 aromatic carbocycles. The lowest BCUT2D eigenvalue weighted by atomic mass is 9.52. The van der Waals surface area contributed by atoms with Gasteiger partial charge in [0, 0.05) is 12.3 Å². The first-order valence-corrected chi connectivity index (χ1v) is 12.6. The van der Waals surface area contributed by atoms with Gasteiger partial charge in [0.1, 0.15) is 5.75 Å². The molecule has 4 rings (SSSR count). The van der Waals surface area contributed by atoms with Crippen LogP contribution in [0.2, 0.25) is 0 Å². The number of phenols is 1. The Bertz CT molecular complexity index is 784. The van der Waals surface area contributed by atoms with Crippen molar-refractivity contribution in [2.75, 3.05) is 6.61 Å². The molecule has 2 fully saturated rings. The molecule has 170 valence electrons. The number of fused-ring (bicyclic) bond motifs is 5. The van der Waals surface area contributed by atoms with Gasteiger partial charge in [0.15, 0.2) is 0 Å². The van der Waals surface area contributed by atoms with E-state index < -0.39 is 0 Å². The molecular formula is C28H40O3. The molecule has 31 heavy (non-hydrogen) atoms. The summed E-state index contributed by atoms with van der Waals surface area (Å²) in [4.78, 5) is 11.6. The van der Waals surface area contributed by atoms with E-state index in [0.29, 0.717) is 36.0 Å². The molecule has 0 radical (unpaired) electrons. The fourth-order valence-corrected chi connectivity index (χ4v) is 7.40. The molecule has 5 atom stereocenters. The Morgan fingerprint density at radius 2 is 2.06 bits per heavy atom. The van der Waals surface area contributed by atoms with E-state index in [1.54, 1.807) is 6.92 Å². The zero-order valence-corrected chi connectivity index (χ0v) is 19.3. The van der Waals surface area contributed by atoms with E-state index in [4.69, 9.17) is 4.74 Å². The minimum Gasteiger partial charge on any atom is -0.508 e. The van der Waals surface area contributed by atoms with Crippen molar-refractivity contribution < 1.29 is 14.6 Å². The Hall–Kier alpha value is -1.77. The van der Waals surface area contributed by atoms with E-state index >= 15 is 0 Å². The predicted molar refractivity (Wildman–Crippen MR) is 125 cm³/mol. The molecule has 3 aliphatic rings. The first kappa shape index (κ1) is 22.4. The van der Waals surface area contributed by atoms with Gasteiger partial charge < -0.3 is 9.84 Å². The minimum absolute atomic E-state index is 0.136. The largest absolute Gasteiger partial charge is 0.508 e. The second-order valence-electron chi connectivity index (χ2n) is 10.5. The standard InChI is InChI=1S/C28H40O3/c1-3-4-5-6-7-8-10-21-17-22-18-23(30)12-13-24(22)25-14-16-28(19-31-20(2)29)15-9-11-26(28)27(21)25/h3,12-13,18,21,25-27,30H,1,4-11,14-17,19H2,2H3/t21-,25-,26+,27-,28+/m1/s1. The Kier molecular flexibility index (Phi) is 7.08. The Morgan fingerprint density at radius 3 is 2.87 bits per heavy atom. The van der Waals surface area contributed by atoms with Crippen molar-refractivity contribution in [1.82, 2.24) is 0 Å². The Morgan fingerprint density at radius 1 is 1.23 bits per heavy atom. The lowest BCUT2D eigenvalue weighted by molar-refractivity contribution is -0.148. The van der Waals surface area contributed by atoms with Crippen LogP contribution < -0.4 is 0 Å². The van der Waals surface area contributed by atoms with Crippen molar-refractivity contribution in [3.8, 4) is 5.75 Å². The van der Waals surface area contributed by atoms with Crippen LogP contribution in [0.5, 0.6) is 5.75 Å². The number of ether oxygens (including phenoxy) is 1. The van der Waals surface area contributed by atoms with E-state index in [1.807, 2.05) is 18.2 Å². The number of carbonyl (C=O) groups is 1. The molecule has 2 saturated carbocycles. The number of esters is 1. The molecule has 0 spiro atoms. The zero-order valence-electron chi connectivity index (χ0n) is 19.3. The molecule has 0 saturated heterocycles. The zero-order chi connectivity index (χ0) is 21.8. The molecule has 1 aromatic rings. The number of benzene rings is 1. The lowest BCUT2D eigenvalue weighted by Gasteiger charge is -2.53. The highest BCUT2D eigenvalue weighted by molar-refractivity contribution is 5.65. The van der Waals surface area contributed by atoms with Gasteiger partial charge in [-0.05, 0) is 98.3 Å². The van der Waals surface area contributed by atoms with Gasteiger partial charge in [0.25, 0.3) is 0 Å². The molecule has 0 amide bonds. The molecule has 3 heteroatoms. The molecule has 0 aromatic heterocycles. The maximum Gasteiger partial charge on any atom is 0.302 e. The lowest BCUT2D eigenvalue weighted by Crippen LogP contribution is -2.47. The summed E-state index contributed by atoms with van der Waals surface area (Å²) in [7, 11) is 0. The van der Waals surface area contributed by atoms with Gasteiger partial charge in [-0.1, -0.05) is 37.8 Å². The number of hydrogen-bond donors (Lipinski definition) is 1. The van der Waals surface area contributed by atoms with Crippen molar-refractivity contribution in [3.05, 3.63) is 42.0 Å². The topological polar surface area (TPSA) is 46.5 Å². The average Bonchev–Trinajstić information content (AvgIpc) is 3.18. The van der Waals surface area contributed by atoms with Gasteiger partial charge in [-0.25, -0.2) is 0 Å². The maximum absolute atomic E-state index is 11.6. The van der Waals surface area contributed by atoms with Crippen molar-refractivity contribution in [2.24, 2.45) is 23.2 Å². The quantitative estimate of drug-likeness (QED) is 0.265. The van der Waals surface area contributed by atoms with E-state index in [2.05, 4.69) is 12.6 Å². The molecule has 3 nitrogen and oxygen atoms in total. The van der Waals surface area contributed by atoms with E-state index in [-0.39, 0.29) is 11.4 Å². The van der Waals surface area contributed by atoms with Crippen LogP contribution in [0.1, 0.15) is 94.6 Å². The van der Waals surface area contributed by atoms with E-state index in [9.17, 15) is 9.90 Å². The third kappa shape index (κ3) is 4.71. The number of allylic oxidation sites excluding steroid dienone is 1. The fourth-order valence-electron chi connectivity index (χ4n) is 7.40. The Labute approximate surface area is 188 Å². The highest BCUT2D eigenvalue weighted by atomic mass is 16.5. The van der Waals surface area contributed by atoms with Crippen LogP contribution in [0, 0.1) is 23.2 Å². The number of hydrogen-bond acceptors (Lipinski definition) is 3. The minimum atomic E-state index is -0.136.